The SMILES string of the molecule is BrCC(c1ccccc1)n1nnc2ccccc21. The van der Waals surface area contributed by atoms with Gasteiger partial charge in [-0.1, -0.05) is 63.6 Å². The van der Waals surface area contributed by atoms with Crippen LogP contribution in [0, 0.1) is 0 Å². The third kappa shape index (κ3) is 1.93. The highest BCUT2D eigenvalue weighted by atomic mass is 79.9. The molecular formula is C14H12BrN3. The summed E-state index contributed by atoms with van der Waals surface area (Å²) < 4.78 is 1.97. The van der Waals surface area contributed by atoms with Crippen LogP contribution in [0.4, 0.5) is 0 Å². The van der Waals surface area contributed by atoms with Gasteiger partial charge in [-0.15, -0.1) is 5.10 Å². The average molecular weight is 302 g/mol. The van der Waals surface area contributed by atoms with Gasteiger partial charge in [-0.2, -0.15) is 0 Å². The topological polar surface area (TPSA) is 30.7 Å². The fourth-order valence-electron chi connectivity index (χ4n) is 2.09. The number of alkyl halides is 1. The Morgan fingerprint density at radius 2 is 1.72 bits per heavy atom. The van der Waals surface area contributed by atoms with E-state index in [1.54, 1.807) is 0 Å². The first-order valence-corrected chi connectivity index (χ1v) is 6.93. The number of benzene rings is 2. The summed E-state index contributed by atoms with van der Waals surface area (Å²) in [5.41, 5.74) is 3.22. The van der Waals surface area contributed by atoms with Crippen molar-refractivity contribution in [2.24, 2.45) is 0 Å². The maximum absolute atomic E-state index is 4.28. The number of hydrogen-bond acceptors (Lipinski definition) is 2. The van der Waals surface area contributed by atoms with Crippen LogP contribution >= 0.6 is 15.9 Å². The Bertz CT molecular complexity index is 648. The van der Waals surface area contributed by atoms with Crippen molar-refractivity contribution in [3.63, 3.8) is 0 Å². The lowest BCUT2D eigenvalue weighted by atomic mass is 10.1. The molecule has 0 amide bonds. The summed E-state index contributed by atoms with van der Waals surface area (Å²) in [5.74, 6) is 0. The van der Waals surface area contributed by atoms with Crippen molar-refractivity contribution in [3.05, 3.63) is 60.2 Å². The summed E-state index contributed by atoms with van der Waals surface area (Å²) in [7, 11) is 0. The number of para-hydroxylation sites is 1. The minimum atomic E-state index is 0.165. The number of halogens is 1. The van der Waals surface area contributed by atoms with E-state index < -0.39 is 0 Å². The number of hydrogen-bond donors (Lipinski definition) is 0. The van der Waals surface area contributed by atoms with Crippen LogP contribution in [0.15, 0.2) is 54.6 Å². The van der Waals surface area contributed by atoms with Crippen LogP contribution in [0.25, 0.3) is 11.0 Å². The van der Waals surface area contributed by atoms with Crippen molar-refractivity contribution in [2.45, 2.75) is 6.04 Å². The number of nitrogens with zero attached hydrogens (tertiary/aromatic N) is 3. The second-order valence-electron chi connectivity index (χ2n) is 4.10. The first kappa shape index (κ1) is 11.4. The molecule has 0 aliphatic carbocycles. The van der Waals surface area contributed by atoms with E-state index in [-0.39, 0.29) is 6.04 Å². The Kier molecular flexibility index (Phi) is 3.11. The summed E-state index contributed by atoms with van der Waals surface area (Å²) in [6.45, 7) is 0. The van der Waals surface area contributed by atoms with Crippen LogP contribution < -0.4 is 0 Å². The van der Waals surface area contributed by atoms with Gasteiger partial charge in [0.05, 0.1) is 11.6 Å². The van der Waals surface area contributed by atoms with E-state index in [4.69, 9.17) is 0 Å². The van der Waals surface area contributed by atoms with Crippen molar-refractivity contribution in [1.82, 2.24) is 15.0 Å². The first-order chi connectivity index (χ1) is 8.90. The normalized spacial score (nSPS) is 12.7. The van der Waals surface area contributed by atoms with Gasteiger partial charge in [-0.05, 0) is 17.7 Å². The maximum atomic E-state index is 4.28. The standard InChI is InChI=1S/C14H12BrN3/c15-10-14(11-6-2-1-3-7-11)18-13-9-5-4-8-12(13)16-17-18/h1-9,14H,10H2. The largest absolute Gasteiger partial charge is 0.236 e. The molecule has 0 spiro atoms. The second-order valence-corrected chi connectivity index (χ2v) is 4.75. The predicted octanol–water partition coefficient (Wildman–Crippen LogP) is 3.42. The zero-order valence-corrected chi connectivity index (χ0v) is 11.3. The quantitative estimate of drug-likeness (QED) is 0.694. The molecule has 0 saturated carbocycles. The zero-order valence-electron chi connectivity index (χ0n) is 9.70. The number of rotatable bonds is 3. The van der Waals surface area contributed by atoms with Crippen molar-refractivity contribution >= 4 is 27.0 Å². The molecule has 0 fully saturated rings. The maximum Gasteiger partial charge on any atom is 0.113 e. The van der Waals surface area contributed by atoms with E-state index >= 15 is 0 Å². The molecule has 1 heterocycles. The molecule has 3 aromatic rings. The van der Waals surface area contributed by atoms with Crippen molar-refractivity contribution in [2.75, 3.05) is 5.33 Å². The van der Waals surface area contributed by atoms with E-state index in [1.807, 2.05) is 47.1 Å². The first-order valence-electron chi connectivity index (χ1n) is 5.81. The van der Waals surface area contributed by atoms with Gasteiger partial charge in [-0.3, -0.25) is 0 Å². The van der Waals surface area contributed by atoms with E-state index in [1.165, 1.54) is 5.56 Å². The fraction of sp³-hybridized carbons (Fsp3) is 0.143. The van der Waals surface area contributed by atoms with Crippen LogP contribution in [-0.2, 0) is 0 Å². The molecule has 1 aromatic heterocycles. The smallest absolute Gasteiger partial charge is 0.113 e. The van der Waals surface area contributed by atoms with E-state index in [9.17, 15) is 0 Å². The Morgan fingerprint density at radius 3 is 2.50 bits per heavy atom. The summed E-state index contributed by atoms with van der Waals surface area (Å²) in [4.78, 5) is 0. The summed E-state index contributed by atoms with van der Waals surface area (Å²) >= 11 is 3.57. The minimum Gasteiger partial charge on any atom is -0.236 e. The lowest BCUT2D eigenvalue weighted by Crippen LogP contribution is -2.13. The molecule has 90 valence electrons. The highest BCUT2D eigenvalue weighted by molar-refractivity contribution is 9.09. The number of fused-ring (bicyclic) bond motifs is 1. The van der Waals surface area contributed by atoms with E-state index in [0.717, 1.165) is 16.4 Å². The molecule has 3 rings (SSSR count). The van der Waals surface area contributed by atoms with Crippen molar-refractivity contribution < 1.29 is 0 Å². The van der Waals surface area contributed by atoms with Gasteiger partial charge in [0.25, 0.3) is 0 Å². The molecule has 0 radical (unpaired) electrons. The molecule has 3 nitrogen and oxygen atoms in total. The van der Waals surface area contributed by atoms with Crippen molar-refractivity contribution in [3.8, 4) is 0 Å². The molecule has 1 unspecified atom stereocenters. The second kappa shape index (κ2) is 4.90. The zero-order chi connectivity index (χ0) is 12.4. The monoisotopic (exact) mass is 301 g/mol. The van der Waals surface area contributed by atoms with Gasteiger partial charge >= 0.3 is 0 Å². The van der Waals surface area contributed by atoms with Crippen LogP contribution in [0.5, 0.6) is 0 Å². The van der Waals surface area contributed by atoms with E-state index in [2.05, 4.69) is 38.4 Å². The van der Waals surface area contributed by atoms with Gasteiger partial charge in [0.15, 0.2) is 0 Å². The summed E-state index contributed by atoms with van der Waals surface area (Å²) in [5, 5.41) is 9.29. The van der Waals surface area contributed by atoms with Crippen molar-refractivity contribution in [1.29, 1.82) is 0 Å². The Morgan fingerprint density at radius 1 is 1.00 bits per heavy atom. The molecule has 0 aliphatic rings. The van der Waals surface area contributed by atoms with Gasteiger partial charge in [0, 0.05) is 5.33 Å². The molecule has 0 N–H and O–H groups in total. The Labute approximate surface area is 114 Å². The average Bonchev–Trinajstić information content (AvgIpc) is 2.85. The third-order valence-corrected chi connectivity index (χ3v) is 3.62. The molecule has 1 atom stereocenters. The van der Waals surface area contributed by atoms with Crippen LogP contribution in [0.1, 0.15) is 11.6 Å². The Hall–Kier alpha value is -1.68. The molecule has 0 saturated heterocycles. The fourth-order valence-corrected chi connectivity index (χ4v) is 2.74. The molecule has 2 aromatic carbocycles. The highest BCUT2D eigenvalue weighted by Crippen LogP contribution is 2.23. The molecular weight excluding hydrogens is 290 g/mol. The van der Waals surface area contributed by atoms with Crippen LogP contribution in [0.3, 0.4) is 0 Å². The number of aromatic nitrogens is 3. The van der Waals surface area contributed by atoms with E-state index in [0.29, 0.717) is 0 Å². The van der Waals surface area contributed by atoms with Crippen LogP contribution in [0.2, 0.25) is 0 Å². The molecule has 4 heteroatoms. The van der Waals surface area contributed by atoms with Crippen LogP contribution in [-0.4, -0.2) is 20.3 Å². The summed E-state index contributed by atoms with van der Waals surface area (Å²) in [6, 6.07) is 18.5. The summed E-state index contributed by atoms with van der Waals surface area (Å²) in [6.07, 6.45) is 0. The van der Waals surface area contributed by atoms with Gasteiger partial charge in [0.2, 0.25) is 0 Å². The predicted molar refractivity (Wildman–Crippen MR) is 75.9 cm³/mol. The lowest BCUT2D eigenvalue weighted by molar-refractivity contribution is 0.569. The van der Waals surface area contributed by atoms with Gasteiger partial charge < -0.3 is 0 Å². The molecule has 18 heavy (non-hydrogen) atoms. The molecule has 0 bridgehead atoms. The highest BCUT2D eigenvalue weighted by Gasteiger charge is 2.15. The lowest BCUT2D eigenvalue weighted by Gasteiger charge is -2.15. The minimum absolute atomic E-state index is 0.165. The third-order valence-electron chi connectivity index (χ3n) is 3.00. The Balaban J connectivity index is 2.12. The van der Waals surface area contributed by atoms with Gasteiger partial charge in [0.1, 0.15) is 5.52 Å². The van der Waals surface area contributed by atoms with Gasteiger partial charge in [-0.25, -0.2) is 4.68 Å². The molecule has 0 aliphatic heterocycles.